The van der Waals surface area contributed by atoms with E-state index in [2.05, 4.69) is 41.5 Å². The molecular weight excluding hydrogens is 344 g/mol. The lowest BCUT2D eigenvalue weighted by molar-refractivity contribution is -0.137. The second-order valence-corrected chi connectivity index (χ2v) is 9.91. The topological polar surface area (TPSA) is 43.8 Å². The number of carbonyl (C=O) groups excluding carboxylic acids is 1. The maximum atomic E-state index is 12.7. The zero-order valence-electron chi connectivity index (χ0n) is 17.3. The van der Waals surface area contributed by atoms with Crippen LogP contribution < -0.4 is 0 Å². The molecule has 0 spiro atoms. The molecule has 5 heteroatoms. The van der Waals surface area contributed by atoms with Crippen LogP contribution in [0.2, 0.25) is 0 Å². The minimum atomic E-state index is -0.181. The highest BCUT2D eigenvalue weighted by Crippen LogP contribution is 2.41. The molecule has 0 aliphatic carbocycles. The van der Waals surface area contributed by atoms with Gasteiger partial charge in [-0.15, -0.1) is 0 Å². The molecule has 1 saturated heterocycles. The van der Waals surface area contributed by atoms with Crippen molar-refractivity contribution in [3.8, 4) is 5.75 Å². The summed E-state index contributed by atoms with van der Waals surface area (Å²) in [5.41, 5.74) is 2.43. The predicted molar refractivity (Wildman–Crippen MR) is 111 cm³/mol. The third-order valence-electron chi connectivity index (χ3n) is 4.70. The number of thioether (sulfide) groups is 1. The third kappa shape index (κ3) is 4.26. The Hall–Kier alpha value is -1.46. The van der Waals surface area contributed by atoms with Gasteiger partial charge in [-0.2, -0.15) is 0 Å². The van der Waals surface area contributed by atoms with Crippen molar-refractivity contribution in [2.45, 2.75) is 59.3 Å². The number of hydrogen-bond acceptors (Lipinski definition) is 4. The smallest absolute Gasteiger partial charge is 0.275 e. The van der Waals surface area contributed by atoms with Gasteiger partial charge < -0.3 is 5.11 Å². The summed E-state index contributed by atoms with van der Waals surface area (Å²) in [7, 11) is 1.93. The predicted octanol–water partition coefficient (Wildman–Crippen LogP) is 4.73. The molecule has 1 fully saturated rings. The molecule has 4 nitrogen and oxygen atoms in total. The van der Waals surface area contributed by atoms with Crippen LogP contribution in [0.1, 0.15) is 65.2 Å². The molecule has 0 bridgehead atoms. The molecule has 0 radical (unpaired) electrons. The van der Waals surface area contributed by atoms with Gasteiger partial charge in [0.1, 0.15) is 5.75 Å². The Bertz CT molecular complexity index is 692. The van der Waals surface area contributed by atoms with Crippen molar-refractivity contribution in [2.75, 3.05) is 19.5 Å². The van der Waals surface area contributed by atoms with E-state index in [1.807, 2.05) is 37.2 Å². The van der Waals surface area contributed by atoms with Crippen molar-refractivity contribution in [3.63, 3.8) is 0 Å². The normalized spacial score (nSPS) is 17.7. The van der Waals surface area contributed by atoms with Crippen LogP contribution in [0.4, 0.5) is 0 Å². The number of benzene rings is 1. The monoisotopic (exact) mass is 376 g/mol. The van der Waals surface area contributed by atoms with E-state index in [0.29, 0.717) is 11.6 Å². The number of phenols is 1. The van der Waals surface area contributed by atoms with Crippen LogP contribution in [-0.2, 0) is 15.6 Å². The van der Waals surface area contributed by atoms with Gasteiger partial charge in [0.25, 0.3) is 5.91 Å². The van der Waals surface area contributed by atoms with Gasteiger partial charge in [0.2, 0.25) is 0 Å². The van der Waals surface area contributed by atoms with Crippen LogP contribution in [0.15, 0.2) is 17.0 Å². The van der Waals surface area contributed by atoms with E-state index in [1.54, 1.807) is 16.8 Å². The number of amides is 1. The van der Waals surface area contributed by atoms with Crippen LogP contribution in [0.5, 0.6) is 5.75 Å². The van der Waals surface area contributed by atoms with Gasteiger partial charge in [-0.3, -0.25) is 9.80 Å². The first-order valence-corrected chi connectivity index (χ1v) is 10.1. The second kappa shape index (κ2) is 7.28. The summed E-state index contributed by atoms with van der Waals surface area (Å²) in [6, 6.07) is 4.02. The van der Waals surface area contributed by atoms with Gasteiger partial charge in [0.05, 0.1) is 10.8 Å². The van der Waals surface area contributed by atoms with Gasteiger partial charge in [0, 0.05) is 24.7 Å². The lowest BCUT2D eigenvalue weighted by Crippen LogP contribution is -2.40. The molecule has 0 unspecified atom stereocenters. The Balaban J connectivity index is 2.52. The molecule has 1 amide bonds. The van der Waals surface area contributed by atoms with E-state index >= 15 is 0 Å². The number of nitrogens with zero attached hydrogens (tertiary/aromatic N) is 2. The maximum Gasteiger partial charge on any atom is 0.275 e. The second-order valence-electron chi connectivity index (χ2n) is 8.93. The van der Waals surface area contributed by atoms with Crippen LogP contribution in [0.3, 0.4) is 0 Å². The van der Waals surface area contributed by atoms with Crippen molar-refractivity contribution in [1.29, 1.82) is 0 Å². The Morgan fingerprint density at radius 2 is 1.65 bits per heavy atom. The van der Waals surface area contributed by atoms with Gasteiger partial charge >= 0.3 is 0 Å². The number of aromatic hydroxyl groups is 1. The molecule has 0 aromatic heterocycles. The Kier molecular flexibility index (Phi) is 5.83. The highest BCUT2D eigenvalue weighted by molar-refractivity contribution is 8.04. The number of hydrogen-bond donors (Lipinski definition) is 1. The molecule has 144 valence electrons. The van der Waals surface area contributed by atoms with Gasteiger partial charge in [-0.1, -0.05) is 60.2 Å². The van der Waals surface area contributed by atoms with Gasteiger partial charge in [-0.05, 0) is 34.6 Å². The average Bonchev–Trinajstić information content (AvgIpc) is 2.87. The van der Waals surface area contributed by atoms with Gasteiger partial charge in [-0.25, -0.2) is 5.01 Å². The Morgan fingerprint density at radius 3 is 2.08 bits per heavy atom. The molecule has 26 heavy (non-hydrogen) atoms. The third-order valence-corrected chi connectivity index (χ3v) is 5.68. The SMILES string of the molecule is CCN(C)N1CS/C(=C\c2cc(C(C)(C)C)c(O)c(C(C)(C)C)c2)C1=O. The highest BCUT2D eigenvalue weighted by atomic mass is 32.2. The molecule has 1 aromatic carbocycles. The molecule has 2 rings (SSSR count). The maximum absolute atomic E-state index is 12.7. The molecule has 1 N–H and O–H groups in total. The molecule has 1 aliphatic heterocycles. The van der Waals surface area contributed by atoms with Crippen molar-refractivity contribution in [1.82, 2.24) is 10.0 Å². The molecule has 0 atom stereocenters. The van der Waals surface area contributed by atoms with Crippen LogP contribution >= 0.6 is 11.8 Å². The highest BCUT2D eigenvalue weighted by Gasteiger charge is 2.30. The van der Waals surface area contributed by atoms with Gasteiger partial charge in [0.15, 0.2) is 0 Å². The first-order valence-electron chi connectivity index (χ1n) is 9.11. The average molecular weight is 377 g/mol. The quantitative estimate of drug-likeness (QED) is 0.775. The van der Waals surface area contributed by atoms with Crippen LogP contribution in [0, 0.1) is 0 Å². The fourth-order valence-electron chi connectivity index (χ4n) is 2.94. The lowest BCUT2D eigenvalue weighted by atomic mass is 9.78. The van der Waals surface area contributed by atoms with Crippen molar-refractivity contribution in [3.05, 3.63) is 33.7 Å². The largest absolute Gasteiger partial charge is 0.507 e. The number of hydrazine groups is 1. The molecular formula is C21H32N2O2S. The first-order chi connectivity index (χ1) is 11.9. The van der Waals surface area contributed by atoms with E-state index in [-0.39, 0.29) is 16.7 Å². The number of phenolic OH excluding ortho intramolecular Hbond substituents is 1. The lowest BCUT2D eigenvalue weighted by Gasteiger charge is -2.28. The number of rotatable bonds is 3. The van der Waals surface area contributed by atoms with E-state index in [0.717, 1.165) is 28.1 Å². The minimum absolute atomic E-state index is 0.0436. The van der Waals surface area contributed by atoms with E-state index in [9.17, 15) is 9.90 Å². The van der Waals surface area contributed by atoms with E-state index in [4.69, 9.17) is 0 Å². The summed E-state index contributed by atoms with van der Waals surface area (Å²) in [5, 5.41) is 14.5. The zero-order chi connectivity index (χ0) is 19.9. The fourth-order valence-corrected chi connectivity index (χ4v) is 3.96. The summed E-state index contributed by atoms with van der Waals surface area (Å²) < 4.78 is 0. The van der Waals surface area contributed by atoms with Crippen molar-refractivity contribution < 1.29 is 9.90 Å². The minimum Gasteiger partial charge on any atom is -0.507 e. The summed E-state index contributed by atoms with van der Waals surface area (Å²) in [4.78, 5) is 13.4. The summed E-state index contributed by atoms with van der Waals surface area (Å²) in [5.74, 6) is 1.05. The summed E-state index contributed by atoms with van der Waals surface area (Å²) >= 11 is 1.56. The molecule has 1 heterocycles. The van der Waals surface area contributed by atoms with E-state index in [1.165, 1.54) is 0 Å². The first kappa shape index (κ1) is 20.8. The van der Waals surface area contributed by atoms with Crippen molar-refractivity contribution >= 4 is 23.7 Å². The van der Waals surface area contributed by atoms with Crippen LogP contribution in [0.25, 0.3) is 6.08 Å². The molecule has 1 aromatic rings. The molecule has 1 aliphatic rings. The van der Waals surface area contributed by atoms with Crippen molar-refractivity contribution in [2.24, 2.45) is 0 Å². The Morgan fingerprint density at radius 1 is 1.15 bits per heavy atom. The summed E-state index contributed by atoms with van der Waals surface area (Å²) in [6.45, 7) is 15.4. The Labute approximate surface area is 162 Å². The standard InChI is InChI=1S/C21H32N2O2S/c1-9-22(8)23-13-26-17(19(23)25)12-14-10-15(20(2,3)4)18(24)16(11-14)21(5,6)7/h10-12,24H,9,13H2,1-8H3/b17-12-. The summed E-state index contributed by atoms with van der Waals surface area (Å²) in [6.07, 6.45) is 1.96. The zero-order valence-corrected chi connectivity index (χ0v) is 18.1. The van der Waals surface area contributed by atoms with Crippen LogP contribution in [-0.4, -0.2) is 40.5 Å². The number of carbonyl (C=O) groups is 1. The van der Waals surface area contributed by atoms with E-state index < -0.39 is 0 Å². The fraction of sp³-hybridized carbons (Fsp3) is 0.571. The molecule has 0 saturated carbocycles.